The van der Waals surface area contributed by atoms with Crippen molar-refractivity contribution >= 4 is 80.9 Å². The van der Waals surface area contributed by atoms with Gasteiger partial charge in [-0.15, -0.1) is 17.0 Å². The lowest BCUT2D eigenvalue weighted by atomic mass is 10.0. The summed E-state index contributed by atoms with van der Waals surface area (Å²) in [7, 11) is -1.73. The van der Waals surface area contributed by atoms with E-state index in [0.29, 0.717) is 12.0 Å². The Kier molecular flexibility index (Phi) is 23.9. The first-order valence-electron chi connectivity index (χ1n) is 20.9. The van der Waals surface area contributed by atoms with Crippen molar-refractivity contribution in [2.45, 2.75) is 120 Å². The molecule has 59 heavy (non-hydrogen) atoms. The number of unbranched alkanes of at least 4 members (excludes halogenated alkanes) is 14. The summed E-state index contributed by atoms with van der Waals surface area (Å²) in [6.07, 6.45) is 18.0. The molecular formula is C47H61BrCl2N2O6P+. The van der Waals surface area contributed by atoms with Crippen LogP contribution in [-0.2, 0) is 14.3 Å². The van der Waals surface area contributed by atoms with Gasteiger partial charge in [-0.05, 0) is 73.4 Å². The standard InChI is InChI=1S/C47H59Cl2N2O6P.BrH/c48-46(49)47(54)50-43(45(53)38-32-34-39(35-33-38)51(55)56)37-57-44(52)31-23-12-10-8-6-4-2-1-3-5-7-9-11-13-24-36-58(40-25-17-14-18-26-40,41-27-19-15-20-28-41)42-29-21-16-22-30-42;/h14-22,25-30,32-35,43,45-46,53H,1-13,23-24,31,36-37H2;1H/p+1/t43-,45+;/m0./s1. The first kappa shape index (κ1) is 50.0. The van der Waals surface area contributed by atoms with Crippen LogP contribution in [0.4, 0.5) is 5.69 Å². The molecule has 1 amide bonds. The Hall–Kier alpha value is -3.33. The van der Waals surface area contributed by atoms with Gasteiger partial charge in [-0.3, -0.25) is 19.7 Å². The normalized spacial score (nSPS) is 12.3. The Bertz CT molecular complexity index is 1680. The molecule has 4 aromatic rings. The summed E-state index contributed by atoms with van der Waals surface area (Å²) >= 11 is 11.3. The van der Waals surface area contributed by atoms with Crippen molar-refractivity contribution in [1.82, 2.24) is 5.32 Å². The molecule has 2 N–H and O–H groups in total. The number of hydrogen-bond donors (Lipinski definition) is 2. The first-order valence-corrected chi connectivity index (χ1v) is 23.8. The third-order valence-electron chi connectivity index (χ3n) is 10.7. The van der Waals surface area contributed by atoms with Crippen molar-refractivity contribution in [1.29, 1.82) is 0 Å². The van der Waals surface area contributed by atoms with E-state index in [-0.39, 0.29) is 35.7 Å². The quantitative estimate of drug-likeness (QED) is 0.0146. The summed E-state index contributed by atoms with van der Waals surface area (Å²) in [5.41, 5.74) is 0.166. The molecule has 8 nitrogen and oxygen atoms in total. The molecule has 0 aliphatic heterocycles. The van der Waals surface area contributed by atoms with Gasteiger partial charge in [0.15, 0.2) is 4.84 Å². The van der Waals surface area contributed by atoms with Gasteiger partial charge >= 0.3 is 5.97 Å². The van der Waals surface area contributed by atoms with Gasteiger partial charge in [0.1, 0.15) is 35.9 Å². The molecule has 320 valence electrons. The lowest BCUT2D eigenvalue weighted by Crippen LogP contribution is -2.45. The van der Waals surface area contributed by atoms with Crippen molar-refractivity contribution in [2.24, 2.45) is 0 Å². The number of benzene rings is 4. The maximum absolute atomic E-state index is 12.4. The van der Waals surface area contributed by atoms with E-state index in [2.05, 4.69) is 96.3 Å². The van der Waals surface area contributed by atoms with Crippen LogP contribution in [0, 0.1) is 10.1 Å². The Morgan fingerprint density at radius 2 is 1.02 bits per heavy atom. The van der Waals surface area contributed by atoms with E-state index >= 15 is 0 Å². The van der Waals surface area contributed by atoms with Crippen LogP contribution in [0.1, 0.15) is 114 Å². The number of non-ortho nitro benzene ring substituents is 1. The fourth-order valence-corrected chi connectivity index (χ4v) is 12.1. The van der Waals surface area contributed by atoms with Crippen LogP contribution in [0.3, 0.4) is 0 Å². The largest absolute Gasteiger partial charge is 0.463 e. The molecule has 2 atom stereocenters. The number of rotatable bonds is 28. The van der Waals surface area contributed by atoms with Crippen LogP contribution in [-0.4, -0.2) is 45.6 Å². The maximum atomic E-state index is 12.4. The van der Waals surface area contributed by atoms with E-state index in [0.717, 1.165) is 19.3 Å². The van der Waals surface area contributed by atoms with Crippen LogP contribution in [0.15, 0.2) is 115 Å². The smallest absolute Gasteiger partial charge is 0.305 e. The molecule has 4 rings (SSSR count). The fraction of sp³-hybridized carbons (Fsp3) is 0.447. The van der Waals surface area contributed by atoms with E-state index in [4.69, 9.17) is 27.9 Å². The minimum Gasteiger partial charge on any atom is -0.463 e. The van der Waals surface area contributed by atoms with Crippen molar-refractivity contribution < 1.29 is 24.4 Å². The number of aliphatic hydroxyl groups excluding tert-OH is 1. The average molecular weight is 932 g/mol. The van der Waals surface area contributed by atoms with Crippen molar-refractivity contribution in [3.8, 4) is 0 Å². The number of alkyl halides is 2. The van der Waals surface area contributed by atoms with Crippen molar-refractivity contribution in [2.75, 3.05) is 12.8 Å². The molecule has 4 aromatic carbocycles. The van der Waals surface area contributed by atoms with Crippen molar-refractivity contribution in [3.63, 3.8) is 0 Å². The van der Waals surface area contributed by atoms with Crippen LogP contribution in [0.5, 0.6) is 0 Å². The molecule has 0 saturated carbocycles. The number of nitro benzene ring substituents is 1. The van der Waals surface area contributed by atoms with Gasteiger partial charge in [-0.2, -0.15) is 0 Å². The van der Waals surface area contributed by atoms with Gasteiger partial charge in [0, 0.05) is 18.6 Å². The molecule has 0 aliphatic rings. The van der Waals surface area contributed by atoms with Crippen LogP contribution >= 0.6 is 47.4 Å². The van der Waals surface area contributed by atoms with Crippen LogP contribution < -0.4 is 21.2 Å². The molecule has 0 fully saturated rings. The summed E-state index contributed by atoms with van der Waals surface area (Å²) in [6, 6.07) is 37.8. The zero-order valence-corrected chi connectivity index (χ0v) is 38.1. The number of amides is 1. The summed E-state index contributed by atoms with van der Waals surface area (Å²) in [4.78, 5) is 33.6. The van der Waals surface area contributed by atoms with E-state index in [9.17, 15) is 24.8 Å². The summed E-state index contributed by atoms with van der Waals surface area (Å²) in [5.74, 6) is -1.18. The molecule has 0 aliphatic carbocycles. The molecule has 0 heterocycles. The fourth-order valence-electron chi connectivity index (χ4n) is 7.54. The highest BCUT2D eigenvalue weighted by Crippen LogP contribution is 2.56. The van der Waals surface area contributed by atoms with Gasteiger partial charge in [0.25, 0.3) is 11.6 Å². The second kappa shape index (κ2) is 28.2. The highest BCUT2D eigenvalue weighted by atomic mass is 79.9. The predicted molar refractivity (Wildman–Crippen MR) is 251 cm³/mol. The number of carbonyl (C=O) groups excluding carboxylic acids is 2. The average Bonchev–Trinajstić information content (AvgIpc) is 3.25. The van der Waals surface area contributed by atoms with Gasteiger partial charge in [-0.1, -0.05) is 155 Å². The number of hydrogen-bond acceptors (Lipinski definition) is 6. The Morgan fingerprint density at radius 1 is 0.627 bits per heavy atom. The zero-order valence-electron chi connectivity index (χ0n) is 34.0. The summed E-state index contributed by atoms with van der Waals surface area (Å²) in [5, 5.41) is 28.7. The van der Waals surface area contributed by atoms with E-state index < -0.39 is 41.0 Å². The Labute approximate surface area is 372 Å². The van der Waals surface area contributed by atoms with Crippen LogP contribution in [0.2, 0.25) is 0 Å². The number of esters is 1. The van der Waals surface area contributed by atoms with E-state index in [1.165, 1.54) is 117 Å². The number of carbonyl (C=O) groups is 2. The first-order chi connectivity index (χ1) is 28.2. The number of ether oxygens (including phenoxy) is 1. The van der Waals surface area contributed by atoms with Gasteiger partial charge in [0.2, 0.25) is 0 Å². The second-order valence-corrected chi connectivity index (χ2v) is 19.7. The molecule has 0 saturated heterocycles. The number of nitrogens with one attached hydrogen (secondary N) is 1. The highest BCUT2D eigenvalue weighted by Gasteiger charge is 2.44. The summed E-state index contributed by atoms with van der Waals surface area (Å²) in [6.45, 7) is -0.301. The van der Waals surface area contributed by atoms with E-state index in [1.807, 2.05) is 0 Å². The topological polar surface area (TPSA) is 119 Å². The molecule has 0 aromatic heterocycles. The number of aliphatic hydroxyl groups is 1. The lowest BCUT2D eigenvalue weighted by molar-refractivity contribution is -0.384. The van der Waals surface area contributed by atoms with Gasteiger partial charge < -0.3 is 15.2 Å². The number of nitro groups is 1. The minimum absolute atomic E-state index is 0. The molecular weight excluding hydrogens is 870 g/mol. The monoisotopic (exact) mass is 929 g/mol. The second-order valence-electron chi connectivity index (χ2n) is 15.0. The molecule has 0 spiro atoms. The van der Waals surface area contributed by atoms with Crippen LogP contribution in [0.25, 0.3) is 0 Å². The van der Waals surface area contributed by atoms with Crippen molar-refractivity contribution in [3.05, 3.63) is 131 Å². The Balaban J connectivity index is 0.00000930. The third kappa shape index (κ3) is 16.9. The maximum Gasteiger partial charge on any atom is 0.305 e. The zero-order chi connectivity index (χ0) is 41.4. The van der Waals surface area contributed by atoms with Gasteiger partial charge in [-0.25, -0.2) is 0 Å². The molecule has 0 radical (unpaired) electrons. The number of nitrogens with zero attached hydrogens (tertiary/aromatic N) is 1. The van der Waals surface area contributed by atoms with Gasteiger partial charge in [0.05, 0.1) is 17.1 Å². The SMILES string of the molecule is Br.O=C(CCCCCCCCCCCCCCCCC[P+](c1ccccc1)(c1ccccc1)c1ccccc1)OC[C@H](NC(=O)C(Cl)Cl)[C@H](O)c1ccc([N+](=O)[O-])cc1. The molecule has 0 unspecified atom stereocenters. The lowest BCUT2D eigenvalue weighted by Gasteiger charge is -2.27. The van der Waals surface area contributed by atoms with E-state index in [1.54, 1.807) is 0 Å². The molecule has 0 bridgehead atoms. The third-order valence-corrected chi connectivity index (χ3v) is 15.7. The highest BCUT2D eigenvalue weighted by molar-refractivity contribution is 8.93. The summed E-state index contributed by atoms with van der Waals surface area (Å²) < 4.78 is 5.36. The Morgan fingerprint density at radius 3 is 1.41 bits per heavy atom. The molecule has 12 heteroatoms. The minimum atomic E-state index is -1.73. The number of halogens is 3. The predicted octanol–water partition coefficient (Wildman–Crippen LogP) is 11.3.